The Kier molecular flexibility index (Phi) is 2.64. The summed E-state index contributed by atoms with van der Waals surface area (Å²) in [5.74, 6) is 0.896. The summed E-state index contributed by atoms with van der Waals surface area (Å²) < 4.78 is 13.1. The molecule has 1 heteroatoms. The molecule has 0 aliphatic carbocycles. The van der Waals surface area contributed by atoms with E-state index in [0.717, 1.165) is 11.5 Å². The number of halogens is 1. The lowest BCUT2D eigenvalue weighted by Gasteiger charge is -2.09. The number of rotatable bonds is 2. The minimum Gasteiger partial charge on any atom is -0.206 e. The minimum atomic E-state index is -0.205. The van der Waals surface area contributed by atoms with Gasteiger partial charge in [-0.05, 0) is 17.5 Å². The molecule has 0 N–H and O–H groups in total. The van der Waals surface area contributed by atoms with Crippen LogP contribution in [0.25, 0.3) is 6.08 Å². The Balaban J connectivity index is 3.27. The molecule has 0 atom stereocenters. The van der Waals surface area contributed by atoms with Crippen molar-refractivity contribution in [2.45, 2.75) is 13.8 Å². The molecule has 1 aromatic carbocycles. The highest BCUT2D eigenvalue weighted by molar-refractivity contribution is 5.56. The predicted octanol–water partition coefficient (Wildman–Crippen LogP) is 3.43. The van der Waals surface area contributed by atoms with Crippen LogP contribution in [0.15, 0.2) is 24.8 Å². The number of benzene rings is 1. The lowest BCUT2D eigenvalue weighted by atomic mass is 9.97. The zero-order chi connectivity index (χ0) is 9.14. The number of hydrogen-bond acceptors (Lipinski definition) is 0. The highest BCUT2D eigenvalue weighted by atomic mass is 19.1. The Hall–Kier alpha value is -1.11. The molecule has 0 saturated heterocycles. The SMILES string of the molecule is C=Cc1c(F)cccc1[C](C)C. The monoisotopic (exact) mass is 163 g/mol. The van der Waals surface area contributed by atoms with Crippen LogP contribution in [0.4, 0.5) is 4.39 Å². The van der Waals surface area contributed by atoms with Gasteiger partial charge < -0.3 is 0 Å². The molecule has 0 heterocycles. The van der Waals surface area contributed by atoms with E-state index in [0.29, 0.717) is 5.56 Å². The first-order valence-corrected chi connectivity index (χ1v) is 3.88. The van der Waals surface area contributed by atoms with Crippen LogP contribution in [0, 0.1) is 11.7 Å². The second-order valence-electron chi connectivity index (χ2n) is 2.91. The van der Waals surface area contributed by atoms with E-state index in [1.54, 1.807) is 12.1 Å². The fraction of sp³-hybridized carbons (Fsp3) is 0.182. The minimum absolute atomic E-state index is 0.205. The van der Waals surface area contributed by atoms with Gasteiger partial charge in [0.05, 0.1) is 0 Å². The van der Waals surface area contributed by atoms with E-state index in [2.05, 4.69) is 6.58 Å². The molecule has 0 spiro atoms. The zero-order valence-electron chi connectivity index (χ0n) is 7.39. The van der Waals surface area contributed by atoms with E-state index < -0.39 is 0 Å². The van der Waals surface area contributed by atoms with Crippen molar-refractivity contribution in [3.8, 4) is 0 Å². The van der Waals surface area contributed by atoms with Gasteiger partial charge in [-0.2, -0.15) is 0 Å². The zero-order valence-corrected chi connectivity index (χ0v) is 7.39. The van der Waals surface area contributed by atoms with Crippen LogP contribution in [-0.4, -0.2) is 0 Å². The first-order valence-electron chi connectivity index (χ1n) is 3.88. The third-order valence-electron chi connectivity index (χ3n) is 1.80. The maximum atomic E-state index is 13.1. The van der Waals surface area contributed by atoms with Crippen LogP contribution in [0.2, 0.25) is 0 Å². The van der Waals surface area contributed by atoms with Gasteiger partial charge in [0.25, 0.3) is 0 Å². The van der Waals surface area contributed by atoms with Crippen LogP contribution < -0.4 is 0 Å². The molecule has 63 valence electrons. The third-order valence-corrected chi connectivity index (χ3v) is 1.80. The molecule has 0 bridgehead atoms. The maximum Gasteiger partial charge on any atom is 0.130 e. The van der Waals surface area contributed by atoms with Crippen molar-refractivity contribution in [1.82, 2.24) is 0 Å². The maximum absolute atomic E-state index is 13.1. The van der Waals surface area contributed by atoms with Gasteiger partial charge in [-0.15, -0.1) is 0 Å². The van der Waals surface area contributed by atoms with Gasteiger partial charge >= 0.3 is 0 Å². The summed E-state index contributed by atoms with van der Waals surface area (Å²) in [7, 11) is 0. The predicted molar refractivity (Wildman–Crippen MR) is 50.2 cm³/mol. The van der Waals surface area contributed by atoms with E-state index in [9.17, 15) is 4.39 Å². The normalized spacial score (nSPS) is 10.3. The summed E-state index contributed by atoms with van der Waals surface area (Å²) in [4.78, 5) is 0. The van der Waals surface area contributed by atoms with E-state index in [4.69, 9.17) is 0 Å². The Morgan fingerprint density at radius 2 is 2.08 bits per heavy atom. The molecule has 0 aromatic heterocycles. The molecule has 12 heavy (non-hydrogen) atoms. The van der Waals surface area contributed by atoms with Crippen LogP contribution >= 0.6 is 0 Å². The molecule has 0 aliphatic heterocycles. The first kappa shape index (κ1) is 8.98. The van der Waals surface area contributed by atoms with E-state index in [-0.39, 0.29) is 5.82 Å². The van der Waals surface area contributed by atoms with Crippen molar-refractivity contribution in [2.75, 3.05) is 0 Å². The Morgan fingerprint density at radius 3 is 2.50 bits per heavy atom. The molecule has 1 radical (unpaired) electrons. The quantitative estimate of drug-likeness (QED) is 0.626. The molecule has 0 aliphatic rings. The summed E-state index contributed by atoms with van der Waals surface area (Å²) in [5, 5.41) is 0. The Labute approximate surface area is 72.7 Å². The van der Waals surface area contributed by atoms with Crippen LogP contribution in [0.5, 0.6) is 0 Å². The average molecular weight is 163 g/mol. The molecule has 0 fully saturated rings. The van der Waals surface area contributed by atoms with Crippen molar-refractivity contribution < 1.29 is 4.39 Å². The van der Waals surface area contributed by atoms with Gasteiger partial charge in [-0.3, -0.25) is 0 Å². The second kappa shape index (κ2) is 3.53. The van der Waals surface area contributed by atoms with Gasteiger partial charge in [0.2, 0.25) is 0 Å². The van der Waals surface area contributed by atoms with Crippen LogP contribution in [0.3, 0.4) is 0 Å². The number of hydrogen-bond donors (Lipinski definition) is 0. The van der Waals surface area contributed by atoms with Gasteiger partial charge in [-0.1, -0.05) is 38.6 Å². The molecule has 1 rings (SSSR count). The smallest absolute Gasteiger partial charge is 0.130 e. The summed E-state index contributed by atoms with van der Waals surface area (Å²) in [6.45, 7) is 7.50. The van der Waals surface area contributed by atoms with Crippen molar-refractivity contribution >= 4 is 6.08 Å². The van der Waals surface area contributed by atoms with Crippen LogP contribution in [-0.2, 0) is 0 Å². The van der Waals surface area contributed by atoms with Crippen molar-refractivity contribution in [3.05, 3.63) is 47.6 Å². The molecule has 1 aromatic rings. The topological polar surface area (TPSA) is 0 Å². The molecule has 0 saturated carbocycles. The Bertz CT molecular complexity index is 287. The van der Waals surface area contributed by atoms with Crippen molar-refractivity contribution in [1.29, 1.82) is 0 Å². The molecular weight excluding hydrogens is 151 g/mol. The van der Waals surface area contributed by atoms with E-state index in [1.807, 2.05) is 19.9 Å². The Morgan fingerprint density at radius 1 is 1.42 bits per heavy atom. The summed E-state index contributed by atoms with van der Waals surface area (Å²) in [6.07, 6.45) is 1.55. The van der Waals surface area contributed by atoms with Gasteiger partial charge in [-0.25, -0.2) is 4.39 Å². The molecule has 0 amide bonds. The summed E-state index contributed by atoms with van der Waals surface area (Å²) in [6, 6.07) is 5.06. The van der Waals surface area contributed by atoms with Gasteiger partial charge in [0.1, 0.15) is 5.82 Å². The third kappa shape index (κ3) is 1.55. The molecular formula is C11H12F. The highest BCUT2D eigenvalue weighted by Crippen LogP contribution is 2.21. The second-order valence-corrected chi connectivity index (χ2v) is 2.91. The molecule has 0 nitrogen and oxygen atoms in total. The van der Waals surface area contributed by atoms with Gasteiger partial charge in [0.15, 0.2) is 0 Å². The van der Waals surface area contributed by atoms with Crippen molar-refractivity contribution in [3.63, 3.8) is 0 Å². The lowest BCUT2D eigenvalue weighted by molar-refractivity contribution is 0.623. The first-order chi connectivity index (χ1) is 5.66. The standard InChI is InChI=1S/C11H12F/c1-4-9-10(8(2)3)6-5-7-11(9)12/h4-7H,1H2,2-3H3. The average Bonchev–Trinajstić information content (AvgIpc) is 2.03. The van der Waals surface area contributed by atoms with Gasteiger partial charge in [0, 0.05) is 5.56 Å². The molecule has 0 unspecified atom stereocenters. The fourth-order valence-electron chi connectivity index (χ4n) is 1.18. The highest BCUT2D eigenvalue weighted by Gasteiger charge is 2.07. The lowest BCUT2D eigenvalue weighted by Crippen LogP contribution is -1.94. The van der Waals surface area contributed by atoms with E-state index in [1.165, 1.54) is 6.07 Å². The van der Waals surface area contributed by atoms with Crippen molar-refractivity contribution in [2.24, 2.45) is 0 Å². The summed E-state index contributed by atoms with van der Waals surface area (Å²) in [5.41, 5.74) is 1.53. The van der Waals surface area contributed by atoms with Crippen LogP contribution in [0.1, 0.15) is 25.0 Å². The van der Waals surface area contributed by atoms with E-state index >= 15 is 0 Å². The largest absolute Gasteiger partial charge is 0.206 e. The fourth-order valence-corrected chi connectivity index (χ4v) is 1.18. The summed E-state index contributed by atoms with van der Waals surface area (Å²) >= 11 is 0.